The first kappa shape index (κ1) is 22.7. The van der Waals surface area contributed by atoms with E-state index in [1.807, 2.05) is 49.6 Å². The van der Waals surface area contributed by atoms with Gasteiger partial charge in [0.15, 0.2) is 11.0 Å². The summed E-state index contributed by atoms with van der Waals surface area (Å²) in [7, 11) is 1.62. The first-order chi connectivity index (χ1) is 13.9. The number of hydrogen-bond donors (Lipinski definition) is 2. The van der Waals surface area contributed by atoms with Crippen molar-refractivity contribution >= 4 is 23.6 Å². The Morgan fingerprint density at radius 1 is 1.17 bits per heavy atom. The molecule has 2 aromatic rings. The average Bonchev–Trinajstić information content (AvgIpc) is 3.14. The summed E-state index contributed by atoms with van der Waals surface area (Å²) in [4.78, 5) is 24.1. The number of carbonyl (C=O) groups is 2. The summed E-state index contributed by atoms with van der Waals surface area (Å²) in [6.07, 6.45) is 0.851. The lowest BCUT2D eigenvalue weighted by Crippen LogP contribution is -2.45. The molecule has 29 heavy (non-hydrogen) atoms. The van der Waals surface area contributed by atoms with Crippen molar-refractivity contribution < 1.29 is 14.3 Å². The minimum atomic E-state index is -0.576. The van der Waals surface area contributed by atoms with E-state index in [1.54, 1.807) is 14.0 Å². The quantitative estimate of drug-likeness (QED) is 0.575. The highest BCUT2D eigenvalue weighted by molar-refractivity contribution is 7.99. The van der Waals surface area contributed by atoms with Crippen molar-refractivity contribution in [1.29, 1.82) is 0 Å². The number of nitrogens with zero attached hydrogens (tertiary/aromatic N) is 3. The van der Waals surface area contributed by atoms with Crippen LogP contribution in [0.2, 0.25) is 0 Å². The molecule has 158 valence electrons. The zero-order valence-corrected chi connectivity index (χ0v) is 18.4. The van der Waals surface area contributed by atoms with Crippen molar-refractivity contribution in [3.63, 3.8) is 0 Å². The summed E-state index contributed by atoms with van der Waals surface area (Å²) in [5.41, 5.74) is 0.921. The number of nitrogens with one attached hydrogen (secondary N) is 2. The number of methoxy groups -OCH3 is 1. The topological polar surface area (TPSA) is 98.1 Å². The first-order valence-corrected chi connectivity index (χ1v) is 10.6. The third kappa shape index (κ3) is 6.22. The molecular weight excluding hydrogens is 390 g/mol. The SMILES string of the molecule is CCCNC(=O)[C@@H](C)NC(=O)CSc1nnc(-c2ccc(OC)cc2)n1C(C)C. The van der Waals surface area contributed by atoms with Gasteiger partial charge in [0.25, 0.3) is 0 Å². The van der Waals surface area contributed by atoms with E-state index in [2.05, 4.69) is 20.8 Å². The van der Waals surface area contributed by atoms with E-state index in [-0.39, 0.29) is 23.6 Å². The van der Waals surface area contributed by atoms with Gasteiger partial charge in [-0.25, -0.2) is 0 Å². The van der Waals surface area contributed by atoms with Crippen molar-refractivity contribution in [2.75, 3.05) is 19.4 Å². The van der Waals surface area contributed by atoms with Crippen LogP contribution in [0.5, 0.6) is 5.75 Å². The van der Waals surface area contributed by atoms with Crippen LogP contribution in [0.15, 0.2) is 29.4 Å². The van der Waals surface area contributed by atoms with Crippen molar-refractivity contribution in [3.8, 4) is 17.1 Å². The highest BCUT2D eigenvalue weighted by atomic mass is 32.2. The van der Waals surface area contributed by atoms with Gasteiger partial charge in [-0.3, -0.25) is 14.2 Å². The molecule has 0 saturated carbocycles. The standard InChI is InChI=1S/C20H29N5O3S/c1-6-11-21-19(27)14(4)22-17(26)12-29-20-24-23-18(25(20)13(2)3)15-7-9-16(28-5)10-8-15/h7-10,13-14H,6,11-12H2,1-5H3,(H,21,27)(H,22,26)/t14-/m1/s1. The number of carbonyl (C=O) groups excluding carboxylic acids is 2. The van der Waals surface area contributed by atoms with Crippen LogP contribution in [0.3, 0.4) is 0 Å². The molecule has 0 aliphatic heterocycles. The lowest BCUT2D eigenvalue weighted by molar-refractivity contribution is -0.127. The third-order valence-electron chi connectivity index (χ3n) is 4.18. The Morgan fingerprint density at radius 3 is 2.45 bits per heavy atom. The fourth-order valence-electron chi connectivity index (χ4n) is 2.66. The van der Waals surface area contributed by atoms with Crippen LogP contribution in [0, 0.1) is 0 Å². The minimum Gasteiger partial charge on any atom is -0.497 e. The maximum Gasteiger partial charge on any atom is 0.242 e. The van der Waals surface area contributed by atoms with Gasteiger partial charge in [0.1, 0.15) is 11.8 Å². The van der Waals surface area contributed by atoms with Gasteiger partial charge in [-0.2, -0.15) is 0 Å². The second-order valence-corrected chi connectivity index (χ2v) is 7.81. The van der Waals surface area contributed by atoms with E-state index < -0.39 is 6.04 Å². The first-order valence-electron chi connectivity index (χ1n) is 9.66. The highest BCUT2D eigenvalue weighted by Crippen LogP contribution is 2.28. The Hall–Kier alpha value is -2.55. The number of rotatable bonds is 10. The van der Waals surface area contributed by atoms with Gasteiger partial charge in [-0.05, 0) is 51.5 Å². The summed E-state index contributed by atoms with van der Waals surface area (Å²) in [5, 5.41) is 14.7. The van der Waals surface area contributed by atoms with Crippen LogP contribution in [0.1, 0.15) is 40.2 Å². The summed E-state index contributed by atoms with van der Waals surface area (Å²) < 4.78 is 7.20. The van der Waals surface area contributed by atoms with E-state index in [9.17, 15) is 9.59 Å². The molecule has 1 aromatic heterocycles. The molecule has 0 radical (unpaired) electrons. The molecule has 2 amide bonds. The Kier molecular flexibility index (Phi) is 8.50. The van der Waals surface area contributed by atoms with Gasteiger partial charge in [-0.15, -0.1) is 10.2 Å². The molecule has 0 aliphatic rings. The zero-order valence-electron chi connectivity index (χ0n) is 17.6. The predicted octanol–water partition coefficient (Wildman–Crippen LogP) is 2.66. The second kappa shape index (κ2) is 10.8. The summed E-state index contributed by atoms with van der Waals surface area (Å²) in [6, 6.07) is 7.15. The molecule has 9 heteroatoms. The summed E-state index contributed by atoms with van der Waals surface area (Å²) in [6.45, 7) is 8.33. The lowest BCUT2D eigenvalue weighted by atomic mass is 10.2. The number of thioether (sulfide) groups is 1. The summed E-state index contributed by atoms with van der Waals surface area (Å²) >= 11 is 1.30. The van der Waals surface area contributed by atoms with Crippen LogP contribution in [0.25, 0.3) is 11.4 Å². The number of aromatic nitrogens is 3. The zero-order chi connectivity index (χ0) is 21.4. The van der Waals surface area contributed by atoms with E-state index >= 15 is 0 Å². The van der Waals surface area contributed by atoms with E-state index in [0.29, 0.717) is 11.7 Å². The van der Waals surface area contributed by atoms with Crippen molar-refractivity contribution in [3.05, 3.63) is 24.3 Å². The molecule has 0 bridgehead atoms. The maximum atomic E-state index is 12.3. The Morgan fingerprint density at radius 2 is 1.86 bits per heavy atom. The van der Waals surface area contributed by atoms with Crippen LogP contribution >= 0.6 is 11.8 Å². The Labute approximate surface area is 175 Å². The van der Waals surface area contributed by atoms with Gasteiger partial charge in [-0.1, -0.05) is 18.7 Å². The predicted molar refractivity (Wildman–Crippen MR) is 114 cm³/mol. The largest absolute Gasteiger partial charge is 0.497 e. The molecule has 0 aliphatic carbocycles. The van der Waals surface area contributed by atoms with Crippen LogP contribution in [-0.2, 0) is 9.59 Å². The van der Waals surface area contributed by atoms with Crippen molar-refractivity contribution in [2.45, 2.75) is 51.4 Å². The Balaban J connectivity index is 2.04. The monoisotopic (exact) mass is 419 g/mol. The second-order valence-electron chi connectivity index (χ2n) is 6.87. The molecule has 0 saturated heterocycles. The van der Waals surface area contributed by atoms with Gasteiger partial charge in [0.05, 0.1) is 12.9 Å². The fourth-order valence-corrected chi connectivity index (χ4v) is 3.54. The van der Waals surface area contributed by atoms with Crippen LogP contribution < -0.4 is 15.4 Å². The van der Waals surface area contributed by atoms with Gasteiger partial charge in [0, 0.05) is 18.2 Å². The van der Waals surface area contributed by atoms with Crippen LogP contribution in [-0.4, -0.2) is 52.0 Å². The molecule has 8 nitrogen and oxygen atoms in total. The molecule has 0 spiro atoms. The van der Waals surface area contributed by atoms with E-state index in [4.69, 9.17) is 4.74 Å². The fraction of sp³-hybridized carbons (Fsp3) is 0.500. The number of ether oxygens (including phenoxy) is 1. The normalized spacial score (nSPS) is 11.9. The van der Waals surface area contributed by atoms with E-state index in [0.717, 1.165) is 23.6 Å². The Bertz CT molecular complexity index is 820. The van der Waals surface area contributed by atoms with Gasteiger partial charge < -0.3 is 15.4 Å². The van der Waals surface area contributed by atoms with Gasteiger partial charge in [0.2, 0.25) is 11.8 Å². The minimum absolute atomic E-state index is 0.117. The molecule has 1 aromatic carbocycles. The lowest BCUT2D eigenvalue weighted by Gasteiger charge is -2.15. The molecule has 0 fully saturated rings. The van der Waals surface area contributed by atoms with Crippen molar-refractivity contribution in [2.24, 2.45) is 0 Å². The molecule has 1 atom stereocenters. The molecular formula is C20H29N5O3S. The highest BCUT2D eigenvalue weighted by Gasteiger charge is 2.19. The molecule has 0 unspecified atom stereocenters. The van der Waals surface area contributed by atoms with Crippen LogP contribution in [0.4, 0.5) is 0 Å². The molecule has 2 rings (SSSR count). The smallest absolute Gasteiger partial charge is 0.242 e. The van der Waals surface area contributed by atoms with Crippen molar-refractivity contribution in [1.82, 2.24) is 25.4 Å². The van der Waals surface area contributed by atoms with Gasteiger partial charge >= 0.3 is 0 Å². The van der Waals surface area contributed by atoms with E-state index in [1.165, 1.54) is 11.8 Å². The molecule has 2 N–H and O–H groups in total. The molecule has 1 heterocycles. The third-order valence-corrected chi connectivity index (χ3v) is 5.12. The average molecular weight is 420 g/mol. The maximum absolute atomic E-state index is 12.3. The number of benzene rings is 1. The number of amides is 2. The summed E-state index contributed by atoms with van der Waals surface area (Å²) in [5.74, 6) is 1.25. The number of hydrogen-bond acceptors (Lipinski definition) is 6.